The molecule has 0 aromatic heterocycles. The molecule has 0 bridgehead atoms. The monoisotopic (exact) mass is 219 g/mol. The summed E-state index contributed by atoms with van der Waals surface area (Å²) in [5.74, 6) is 0.708. The average Bonchev–Trinajstić information content (AvgIpc) is 2.31. The van der Waals surface area contributed by atoms with Crippen LogP contribution in [0, 0.1) is 5.92 Å². The molecule has 1 aliphatic rings. The van der Waals surface area contributed by atoms with Crippen molar-refractivity contribution < 1.29 is 5.11 Å². The van der Waals surface area contributed by atoms with Gasteiger partial charge in [0.2, 0.25) is 0 Å². The highest BCUT2D eigenvalue weighted by atomic mass is 16.3. The summed E-state index contributed by atoms with van der Waals surface area (Å²) in [4.78, 5) is 0. The second-order valence-electron chi connectivity index (χ2n) is 4.77. The molecule has 0 amide bonds. The van der Waals surface area contributed by atoms with Crippen LogP contribution in [0.15, 0.2) is 30.3 Å². The van der Waals surface area contributed by atoms with Gasteiger partial charge in [-0.15, -0.1) is 0 Å². The van der Waals surface area contributed by atoms with Crippen LogP contribution in [0.4, 0.5) is 0 Å². The van der Waals surface area contributed by atoms with Crippen LogP contribution in [0.3, 0.4) is 0 Å². The predicted octanol–water partition coefficient (Wildman–Crippen LogP) is 1.98. The van der Waals surface area contributed by atoms with E-state index in [-0.39, 0.29) is 6.10 Å². The SMILES string of the molecule is OC(Cc1ccccc1)CC1CCNCC1. The number of piperidine rings is 1. The molecule has 88 valence electrons. The van der Waals surface area contributed by atoms with E-state index in [9.17, 15) is 5.11 Å². The Kier molecular flexibility index (Phi) is 4.37. The lowest BCUT2D eigenvalue weighted by molar-refractivity contribution is 0.132. The van der Waals surface area contributed by atoms with E-state index in [1.54, 1.807) is 0 Å². The fourth-order valence-electron chi connectivity index (χ4n) is 2.47. The molecule has 1 atom stereocenters. The van der Waals surface area contributed by atoms with Gasteiger partial charge in [-0.25, -0.2) is 0 Å². The number of benzene rings is 1. The van der Waals surface area contributed by atoms with E-state index in [1.165, 1.54) is 18.4 Å². The molecule has 16 heavy (non-hydrogen) atoms. The molecular formula is C14H21NO. The van der Waals surface area contributed by atoms with Gasteiger partial charge in [0.15, 0.2) is 0 Å². The molecule has 1 fully saturated rings. The van der Waals surface area contributed by atoms with Gasteiger partial charge in [0.1, 0.15) is 0 Å². The van der Waals surface area contributed by atoms with Crippen molar-refractivity contribution in [2.75, 3.05) is 13.1 Å². The molecule has 1 saturated heterocycles. The van der Waals surface area contributed by atoms with Crippen LogP contribution >= 0.6 is 0 Å². The van der Waals surface area contributed by atoms with Crippen molar-refractivity contribution in [1.82, 2.24) is 5.32 Å². The maximum atomic E-state index is 10.0. The minimum atomic E-state index is -0.175. The van der Waals surface area contributed by atoms with Crippen LogP contribution in [0.1, 0.15) is 24.8 Å². The first-order chi connectivity index (χ1) is 7.84. The van der Waals surface area contributed by atoms with Crippen molar-refractivity contribution in [3.63, 3.8) is 0 Å². The number of aliphatic hydroxyl groups excluding tert-OH is 1. The fraction of sp³-hybridized carbons (Fsp3) is 0.571. The smallest absolute Gasteiger partial charge is 0.0583 e. The van der Waals surface area contributed by atoms with Crippen LogP contribution in [-0.4, -0.2) is 24.3 Å². The number of nitrogens with one attached hydrogen (secondary N) is 1. The maximum Gasteiger partial charge on any atom is 0.0583 e. The molecule has 2 nitrogen and oxygen atoms in total. The lowest BCUT2D eigenvalue weighted by Crippen LogP contribution is -2.30. The first-order valence-corrected chi connectivity index (χ1v) is 6.27. The highest BCUT2D eigenvalue weighted by Crippen LogP contribution is 2.19. The van der Waals surface area contributed by atoms with Gasteiger partial charge in [0, 0.05) is 0 Å². The van der Waals surface area contributed by atoms with Crippen molar-refractivity contribution in [1.29, 1.82) is 0 Å². The maximum absolute atomic E-state index is 10.0. The van der Waals surface area contributed by atoms with Crippen molar-refractivity contribution >= 4 is 0 Å². The van der Waals surface area contributed by atoms with E-state index in [0.29, 0.717) is 5.92 Å². The Morgan fingerprint density at radius 2 is 1.88 bits per heavy atom. The normalized spacial score (nSPS) is 19.6. The topological polar surface area (TPSA) is 32.3 Å². The Labute approximate surface area is 97.7 Å². The fourth-order valence-corrected chi connectivity index (χ4v) is 2.47. The molecule has 1 aromatic carbocycles. The van der Waals surface area contributed by atoms with Crippen molar-refractivity contribution in [3.8, 4) is 0 Å². The molecule has 2 rings (SSSR count). The summed E-state index contributed by atoms with van der Waals surface area (Å²) in [5, 5.41) is 13.4. The third kappa shape index (κ3) is 3.62. The zero-order valence-electron chi connectivity index (χ0n) is 9.73. The van der Waals surface area contributed by atoms with E-state index in [0.717, 1.165) is 25.9 Å². The van der Waals surface area contributed by atoms with Gasteiger partial charge in [-0.3, -0.25) is 0 Å². The highest BCUT2D eigenvalue weighted by Gasteiger charge is 2.17. The first-order valence-electron chi connectivity index (χ1n) is 6.27. The third-order valence-electron chi connectivity index (χ3n) is 3.38. The van der Waals surface area contributed by atoms with Gasteiger partial charge in [-0.1, -0.05) is 30.3 Å². The predicted molar refractivity (Wildman–Crippen MR) is 66.4 cm³/mol. The zero-order valence-corrected chi connectivity index (χ0v) is 9.73. The number of rotatable bonds is 4. The minimum absolute atomic E-state index is 0.175. The standard InChI is InChI=1S/C14H21NO/c16-14(10-12-4-2-1-3-5-12)11-13-6-8-15-9-7-13/h1-5,13-16H,6-11H2. The van der Waals surface area contributed by atoms with Crippen molar-refractivity contribution in [3.05, 3.63) is 35.9 Å². The summed E-state index contributed by atoms with van der Waals surface area (Å²) in [6.07, 6.45) is 4.00. The second-order valence-corrected chi connectivity index (χ2v) is 4.77. The highest BCUT2D eigenvalue weighted by molar-refractivity contribution is 5.15. The largest absolute Gasteiger partial charge is 0.393 e. The minimum Gasteiger partial charge on any atom is -0.393 e. The quantitative estimate of drug-likeness (QED) is 0.811. The molecule has 0 saturated carbocycles. The summed E-state index contributed by atoms with van der Waals surface area (Å²) in [6, 6.07) is 10.3. The van der Waals surface area contributed by atoms with Crippen LogP contribution in [0.5, 0.6) is 0 Å². The molecule has 0 aliphatic carbocycles. The van der Waals surface area contributed by atoms with Gasteiger partial charge in [0.05, 0.1) is 6.10 Å². The van der Waals surface area contributed by atoms with E-state index < -0.39 is 0 Å². The van der Waals surface area contributed by atoms with E-state index in [2.05, 4.69) is 17.4 Å². The molecule has 1 aromatic rings. The molecule has 0 spiro atoms. The number of aliphatic hydroxyl groups is 1. The molecule has 1 aliphatic heterocycles. The Balaban J connectivity index is 1.77. The van der Waals surface area contributed by atoms with Crippen molar-refractivity contribution in [2.45, 2.75) is 31.8 Å². The lowest BCUT2D eigenvalue weighted by atomic mass is 9.90. The Morgan fingerprint density at radius 3 is 2.56 bits per heavy atom. The van der Waals surface area contributed by atoms with E-state index in [4.69, 9.17) is 0 Å². The van der Waals surface area contributed by atoms with Crippen LogP contribution in [0.25, 0.3) is 0 Å². The Bertz CT molecular complexity index is 293. The number of hydrogen-bond acceptors (Lipinski definition) is 2. The summed E-state index contributed by atoms with van der Waals surface area (Å²) in [5.41, 5.74) is 1.24. The summed E-state index contributed by atoms with van der Waals surface area (Å²) < 4.78 is 0. The molecule has 1 heterocycles. The third-order valence-corrected chi connectivity index (χ3v) is 3.38. The van der Waals surface area contributed by atoms with Crippen LogP contribution < -0.4 is 5.32 Å². The molecule has 2 N–H and O–H groups in total. The Morgan fingerprint density at radius 1 is 1.19 bits per heavy atom. The van der Waals surface area contributed by atoms with Gasteiger partial charge < -0.3 is 10.4 Å². The van der Waals surface area contributed by atoms with E-state index >= 15 is 0 Å². The lowest BCUT2D eigenvalue weighted by Gasteiger charge is -2.24. The van der Waals surface area contributed by atoms with Gasteiger partial charge >= 0.3 is 0 Å². The van der Waals surface area contributed by atoms with Crippen molar-refractivity contribution in [2.24, 2.45) is 5.92 Å². The van der Waals surface area contributed by atoms with E-state index in [1.807, 2.05) is 18.2 Å². The van der Waals surface area contributed by atoms with Crippen LogP contribution in [0.2, 0.25) is 0 Å². The van der Waals surface area contributed by atoms with Gasteiger partial charge in [-0.2, -0.15) is 0 Å². The average molecular weight is 219 g/mol. The summed E-state index contributed by atoms with van der Waals surface area (Å²) in [7, 11) is 0. The van der Waals surface area contributed by atoms with Crippen LogP contribution in [-0.2, 0) is 6.42 Å². The molecule has 0 radical (unpaired) electrons. The zero-order chi connectivity index (χ0) is 11.2. The van der Waals surface area contributed by atoms with Gasteiger partial charge in [0.25, 0.3) is 0 Å². The molecule has 2 heteroatoms. The van der Waals surface area contributed by atoms with Gasteiger partial charge in [-0.05, 0) is 50.3 Å². The first kappa shape index (κ1) is 11.6. The second kappa shape index (κ2) is 6.02. The summed E-state index contributed by atoms with van der Waals surface area (Å²) >= 11 is 0. The molecular weight excluding hydrogens is 198 g/mol. The Hall–Kier alpha value is -0.860. The number of hydrogen-bond donors (Lipinski definition) is 2. The molecule has 1 unspecified atom stereocenters. The summed E-state index contributed by atoms with van der Waals surface area (Å²) in [6.45, 7) is 2.23.